The minimum atomic E-state index is -2.55. The number of aryl methyl sites for hydroxylation is 2. The fourth-order valence-electron chi connectivity index (χ4n) is 4.32. The number of rotatable bonds is 4. The van der Waals surface area contributed by atoms with Crippen molar-refractivity contribution in [1.29, 1.82) is 0 Å². The van der Waals surface area contributed by atoms with Gasteiger partial charge >= 0.3 is 230 Å². The summed E-state index contributed by atoms with van der Waals surface area (Å²) in [6.07, 6.45) is 3.68. The predicted molar refractivity (Wildman–Crippen MR) is 138 cm³/mol. The molecule has 3 heterocycles. The van der Waals surface area contributed by atoms with Gasteiger partial charge in [-0.05, 0) is 0 Å². The molecule has 0 fully saturated rings. The molecule has 0 unspecified atom stereocenters. The van der Waals surface area contributed by atoms with Crippen molar-refractivity contribution >= 4 is 31.7 Å². The fourth-order valence-corrected chi connectivity index (χ4v) is 14.5. The molecular formula is C30H21BiN2OPt. The molecule has 0 N–H and O–H groups in total. The molecular weight excluding hydrogens is 808 g/mol. The zero-order valence-electron chi connectivity index (χ0n) is 19.2. The Morgan fingerprint density at radius 1 is 0.743 bits per heavy atom. The first-order valence-electron chi connectivity index (χ1n) is 11.2. The maximum absolute atomic E-state index is 5.99. The van der Waals surface area contributed by atoms with Crippen LogP contribution in [0, 0.1) is 26.0 Å². The summed E-state index contributed by atoms with van der Waals surface area (Å²) < 4.78 is 10.1. The van der Waals surface area contributed by atoms with Crippen LogP contribution in [-0.2, 0) is 21.1 Å². The Morgan fingerprint density at radius 2 is 1.60 bits per heavy atom. The second kappa shape index (κ2) is 10.1. The normalized spacial score (nSPS) is 11.9. The third-order valence-electron chi connectivity index (χ3n) is 5.94. The molecule has 1 aliphatic heterocycles. The van der Waals surface area contributed by atoms with Crippen LogP contribution in [0.15, 0.2) is 91.3 Å². The van der Waals surface area contributed by atoms with E-state index in [0.717, 1.165) is 16.7 Å². The number of aromatic nitrogens is 2. The summed E-state index contributed by atoms with van der Waals surface area (Å²) in [6, 6.07) is 34.5. The summed E-state index contributed by atoms with van der Waals surface area (Å²) >= 11 is -2.55. The Hall–Kier alpha value is -2.67. The number of pyridine rings is 2. The predicted octanol–water partition coefficient (Wildman–Crippen LogP) is 4.65. The van der Waals surface area contributed by atoms with E-state index < -0.39 is 21.8 Å². The summed E-state index contributed by atoms with van der Waals surface area (Å²) in [5.74, 6) is 1.22. The Balaban J connectivity index is 0.00000253. The standard InChI is InChI=1S/C24H15NO.C6H6N.Bi.Pt/c1-18-14-15-25-24(16-18)26-23-9-5-8-22(17-23)21-12-10-20(11-13-21)19-6-3-2-4-7-19;1-6-3-2-4-7-5-6;;/h2-6,8-10,12,14-16H,1H3;2-4H,1H3;;/q-2;;;+2. The molecule has 0 saturated heterocycles. The zero-order chi connectivity index (χ0) is 23.1. The van der Waals surface area contributed by atoms with Crippen molar-refractivity contribution in [1.82, 2.24) is 9.97 Å². The minimum Gasteiger partial charge on any atom is 2.00 e. The summed E-state index contributed by atoms with van der Waals surface area (Å²) in [5.41, 5.74) is 7.02. The van der Waals surface area contributed by atoms with Gasteiger partial charge in [0, 0.05) is 0 Å². The fraction of sp³-hybridized carbons (Fsp3) is 0.0667. The molecule has 0 saturated carbocycles. The van der Waals surface area contributed by atoms with Gasteiger partial charge in [-0.3, -0.25) is 0 Å². The van der Waals surface area contributed by atoms with Gasteiger partial charge in [-0.2, -0.15) is 0 Å². The van der Waals surface area contributed by atoms with Gasteiger partial charge in [-0.25, -0.2) is 0 Å². The Labute approximate surface area is 228 Å². The molecule has 0 radical (unpaired) electrons. The van der Waals surface area contributed by atoms with Gasteiger partial charge in [0.15, 0.2) is 0 Å². The number of nitrogens with zero attached hydrogens (tertiary/aromatic N) is 2. The maximum Gasteiger partial charge on any atom is 2.00 e. The van der Waals surface area contributed by atoms with Gasteiger partial charge in [0.2, 0.25) is 0 Å². The number of hydrogen-bond acceptors (Lipinski definition) is 3. The molecule has 0 bridgehead atoms. The van der Waals surface area contributed by atoms with Gasteiger partial charge in [0.05, 0.1) is 0 Å². The van der Waals surface area contributed by atoms with E-state index in [4.69, 9.17) is 9.72 Å². The largest absolute Gasteiger partial charge is 2.00 e. The van der Waals surface area contributed by atoms with E-state index in [2.05, 4.69) is 72.6 Å². The van der Waals surface area contributed by atoms with Crippen LogP contribution in [0.4, 0.5) is 0 Å². The van der Waals surface area contributed by atoms with Gasteiger partial charge < -0.3 is 0 Å². The number of hydrogen-bond donors (Lipinski definition) is 0. The van der Waals surface area contributed by atoms with Crippen molar-refractivity contribution < 1.29 is 25.8 Å². The van der Waals surface area contributed by atoms with Crippen LogP contribution >= 0.6 is 0 Å². The summed E-state index contributed by atoms with van der Waals surface area (Å²) in [6.45, 7) is 4.20. The first-order valence-corrected chi connectivity index (χ1v) is 16.4. The van der Waals surface area contributed by atoms with Crippen molar-refractivity contribution in [3.8, 4) is 33.9 Å². The van der Waals surface area contributed by atoms with E-state index in [0.29, 0.717) is 11.6 Å². The summed E-state index contributed by atoms with van der Waals surface area (Å²) in [4.78, 5) is 9.17. The Kier molecular flexibility index (Phi) is 6.96. The quantitative estimate of drug-likeness (QED) is 0.192. The first kappa shape index (κ1) is 24.0. The SMILES string of the molecule is Cc1ccnc(Oc2[c-]c(-c3[c-][c]4c(cc3)-c3cccc[c]3[Bi]4[c]3ncccc3C)ccc2)c1.[Pt+2]. The van der Waals surface area contributed by atoms with Crippen molar-refractivity contribution in [3.05, 3.63) is 115 Å². The molecule has 5 heteroatoms. The van der Waals surface area contributed by atoms with Gasteiger partial charge in [-0.15, -0.1) is 0 Å². The minimum absolute atomic E-state index is 0. The molecule has 6 rings (SSSR count). The van der Waals surface area contributed by atoms with Crippen molar-refractivity contribution in [2.24, 2.45) is 0 Å². The summed E-state index contributed by atoms with van der Waals surface area (Å²) in [7, 11) is 0. The van der Waals surface area contributed by atoms with E-state index in [1.54, 1.807) is 6.20 Å². The second-order valence-corrected chi connectivity index (χ2v) is 16.2. The smallest absolute Gasteiger partial charge is 2.00 e. The molecule has 0 amide bonds. The first-order chi connectivity index (χ1) is 16.7. The van der Waals surface area contributed by atoms with Crippen molar-refractivity contribution in [3.63, 3.8) is 0 Å². The maximum atomic E-state index is 5.99. The third kappa shape index (κ3) is 4.63. The molecule has 1 aliphatic rings. The van der Waals surface area contributed by atoms with Gasteiger partial charge in [-0.1, -0.05) is 0 Å². The van der Waals surface area contributed by atoms with Crippen LogP contribution in [-0.4, -0.2) is 31.7 Å². The molecule has 3 aromatic carbocycles. The number of ether oxygens (including phenoxy) is 1. The van der Waals surface area contributed by atoms with E-state index >= 15 is 0 Å². The van der Waals surface area contributed by atoms with Crippen LogP contribution < -0.4 is 14.7 Å². The third-order valence-corrected chi connectivity index (χ3v) is 15.9. The number of benzene rings is 3. The Morgan fingerprint density at radius 3 is 2.46 bits per heavy atom. The number of fused-ring (bicyclic) bond motifs is 3. The van der Waals surface area contributed by atoms with Gasteiger partial charge in [0.1, 0.15) is 0 Å². The van der Waals surface area contributed by atoms with Crippen molar-refractivity contribution in [2.45, 2.75) is 13.8 Å². The zero-order valence-corrected chi connectivity index (χ0v) is 25.0. The van der Waals surface area contributed by atoms with Crippen LogP contribution in [0.2, 0.25) is 0 Å². The molecule has 0 spiro atoms. The van der Waals surface area contributed by atoms with Gasteiger partial charge in [0.25, 0.3) is 0 Å². The second-order valence-electron chi connectivity index (χ2n) is 8.33. The molecule has 0 atom stereocenters. The van der Waals surface area contributed by atoms with E-state index in [1.807, 2.05) is 43.5 Å². The molecule has 172 valence electrons. The van der Waals surface area contributed by atoms with Crippen LogP contribution in [0.3, 0.4) is 0 Å². The van der Waals surface area contributed by atoms with E-state index in [-0.39, 0.29) is 21.1 Å². The van der Waals surface area contributed by atoms with Crippen LogP contribution in [0.25, 0.3) is 22.3 Å². The van der Waals surface area contributed by atoms with E-state index in [9.17, 15) is 0 Å². The van der Waals surface area contributed by atoms with Crippen LogP contribution in [0.5, 0.6) is 11.6 Å². The van der Waals surface area contributed by atoms with Crippen molar-refractivity contribution in [2.75, 3.05) is 0 Å². The van der Waals surface area contributed by atoms with E-state index in [1.165, 1.54) is 26.6 Å². The average molecular weight is 830 g/mol. The molecule has 5 aromatic rings. The summed E-state index contributed by atoms with van der Waals surface area (Å²) in [5, 5.41) is 0. The molecule has 0 aliphatic carbocycles. The van der Waals surface area contributed by atoms with Crippen LogP contribution in [0.1, 0.15) is 11.1 Å². The monoisotopic (exact) mass is 829 g/mol. The molecule has 3 nitrogen and oxygen atoms in total. The average Bonchev–Trinajstić information content (AvgIpc) is 3.18. The molecule has 35 heavy (non-hydrogen) atoms. The molecule has 2 aromatic heterocycles. The Bertz CT molecular complexity index is 1530. The topological polar surface area (TPSA) is 35.0 Å².